The molecular formula is C31H31ClF2N2O4S2. The molecule has 0 radical (unpaired) electrons. The number of fused-ring (bicyclic) bond motifs is 1. The van der Waals surface area contributed by atoms with E-state index >= 15 is 0 Å². The lowest BCUT2D eigenvalue weighted by Crippen LogP contribution is -2.44. The number of carbonyl (C=O) groups excluding carboxylic acids is 1. The van der Waals surface area contributed by atoms with Crippen LogP contribution in [0.4, 0.5) is 8.78 Å². The van der Waals surface area contributed by atoms with Crippen LogP contribution in [0.25, 0.3) is 21.2 Å². The maximum atomic E-state index is 14.7. The second kappa shape index (κ2) is 12.3. The summed E-state index contributed by atoms with van der Waals surface area (Å²) in [6, 6.07) is 14.3. The van der Waals surface area contributed by atoms with E-state index in [1.807, 2.05) is 13.1 Å². The van der Waals surface area contributed by atoms with E-state index < -0.39 is 27.4 Å². The first-order valence-electron chi connectivity index (χ1n) is 13.5. The SMILES string of the molecule is CNC1CCC(N(Cc2cc(-c3ccccc3S(C)(=O)=O)ccc2OC)C(=O)c2sc3c(F)ccc(F)c3c2Cl)CC1. The Labute approximate surface area is 253 Å². The molecule has 5 rings (SSSR count). The standard InChI is InChI=1S/C31H31ClF2N2O4S2/c1-35-20-9-11-21(12-10-20)36(31(37)30-28(32)27-23(33)13-14-24(34)29(27)41-30)17-19-16-18(8-15-25(19)40-2)22-6-4-5-7-26(22)42(3,38)39/h4-8,13-16,20-21,35H,9-12,17H2,1-3H3. The van der Waals surface area contributed by atoms with Crippen LogP contribution < -0.4 is 10.1 Å². The van der Waals surface area contributed by atoms with Crippen molar-refractivity contribution in [3.05, 3.63) is 81.7 Å². The van der Waals surface area contributed by atoms with Gasteiger partial charge >= 0.3 is 0 Å². The normalized spacial score (nSPS) is 17.4. The molecule has 0 saturated heterocycles. The fraction of sp³-hybridized carbons (Fsp3) is 0.323. The van der Waals surface area contributed by atoms with Gasteiger partial charge in [0.25, 0.3) is 5.91 Å². The highest BCUT2D eigenvalue weighted by atomic mass is 35.5. The Morgan fingerprint density at radius 2 is 1.76 bits per heavy atom. The van der Waals surface area contributed by atoms with Gasteiger partial charge in [0, 0.05) is 36.0 Å². The van der Waals surface area contributed by atoms with Crippen molar-refractivity contribution in [1.29, 1.82) is 0 Å². The highest BCUT2D eigenvalue weighted by Crippen LogP contribution is 2.41. The molecule has 11 heteroatoms. The van der Waals surface area contributed by atoms with Crippen LogP contribution in [-0.4, -0.2) is 51.7 Å². The van der Waals surface area contributed by atoms with E-state index in [1.165, 1.54) is 13.4 Å². The molecule has 1 aliphatic rings. The fourth-order valence-corrected chi connectivity index (χ4v) is 8.11. The number of carbonyl (C=O) groups is 1. The molecule has 1 heterocycles. The summed E-state index contributed by atoms with van der Waals surface area (Å²) in [5.74, 6) is -1.22. The quantitative estimate of drug-likeness (QED) is 0.225. The molecule has 0 spiro atoms. The van der Waals surface area contributed by atoms with E-state index in [4.69, 9.17) is 16.3 Å². The molecule has 0 unspecified atom stereocenters. The van der Waals surface area contributed by atoms with Crippen LogP contribution in [0.2, 0.25) is 5.02 Å². The maximum Gasteiger partial charge on any atom is 0.266 e. The van der Waals surface area contributed by atoms with Gasteiger partial charge in [-0.15, -0.1) is 11.3 Å². The van der Waals surface area contributed by atoms with Gasteiger partial charge < -0.3 is 15.0 Å². The Hall–Kier alpha value is -3.05. The van der Waals surface area contributed by atoms with E-state index in [2.05, 4.69) is 5.32 Å². The molecule has 42 heavy (non-hydrogen) atoms. The summed E-state index contributed by atoms with van der Waals surface area (Å²) < 4.78 is 60.0. The van der Waals surface area contributed by atoms with Crippen LogP contribution in [-0.2, 0) is 16.4 Å². The Morgan fingerprint density at radius 3 is 2.40 bits per heavy atom. The summed E-state index contributed by atoms with van der Waals surface area (Å²) in [7, 11) is -0.0638. The first-order valence-corrected chi connectivity index (χ1v) is 16.6. The number of halogens is 3. The van der Waals surface area contributed by atoms with Gasteiger partial charge in [-0.05, 0) is 68.6 Å². The molecule has 1 amide bonds. The van der Waals surface area contributed by atoms with Crippen molar-refractivity contribution in [3.8, 4) is 16.9 Å². The minimum Gasteiger partial charge on any atom is -0.496 e. The zero-order valence-electron chi connectivity index (χ0n) is 23.4. The molecule has 1 aromatic heterocycles. The number of nitrogens with zero attached hydrogens (tertiary/aromatic N) is 1. The lowest BCUT2D eigenvalue weighted by molar-refractivity contribution is 0.0604. The molecule has 222 valence electrons. The van der Waals surface area contributed by atoms with Gasteiger partial charge in [0.2, 0.25) is 0 Å². The molecule has 1 aliphatic carbocycles. The van der Waals surface area contributed by atoms with E-state index in [1.54, 1.807) is 41.3 Å². The minimum absolute atomic E-state index is 0.000786. The second-order valence-electron chi connectivity index (χ2n) is 10.5. The van der Waals surface area contributed by atoms with Gasteiger partial charge in [-0.2, -0.15) is 0 Å². The minimum atomic E-state index is -3.51. The molecule has 1 fully saturated rings. The van der Waals surface area contributed by atoms with Crippen LogP contribution in [0.5, 0.6) is 5.75 Å². The first-order chi connectivity index (χ1) is 20.0. The maximum absolute atomic E-state index is 14.7. The number of sulfone groups is 1. The number of rotatable bonds is 8. The lowest BCUT2D eigenvalue weighted by Gasteiger charge is -2.37. The summed E-state index contributed by atoms with van der Waals surface area (Å²) in [5, 5.41) is 3.10. The predicted molar refractivity (Wildman–Crippen MR) is 163 cm³/mol. The van der Waals surface area contributed by atoms with Crippen LogP contribution in [0.15, 0.2) is 59.5 Å². The summed E-state index contributed by atoms with van der Waals surface area (Å²) in [5.41, 5.74) is 1.86. The number of thiophene rings is 1. The second-order valence-corrected chi connectivity index (χ2v) is 13.9. The molecule has 0 bridgehead atoms. The summed E-state index contributed by atoms with van der Waals surface area (Å²) >= 11 is 7.40. The molecule has 3 aromatic carbocycles. The monoisotopic (exact) mass is 632 g/mol. The molecule has 4 aromatic rings. The number of nitrogens with one attached hydrogen (secondary N) is 1. The molecule has 1 N–H and O–H groups in total. The van der Waals surface area contributed by atoms with Crippen LogP contribution in [0.3, 0.4) is 0 Å². The number of methoxy groups -OCH3 is 1. The third-order valence-electron chi connectivity index (χ3n) is 7.90. The van der Waals surface area contributed by atoms with Crippen LogP contribution in [0, 0.1) is 11.6 Å². The molecule has 0 atom stereocenters. The van der Waals surface area contributed by atoms with E-state index in [9.17, 15) is 22.0 Å². The number of hydrogen-bond acceptors (Lipinski definition) is 6. The van der Waals surface area contributed by atoms with Crippen molar-refractivity contribution in [3.63, 3.8) is 0 Å². The Balaban J connectivity index is 1.59. The predicted octanol–water partition coefficient (Wildman–Crippen LogP) is 7.09. The van der Waals surface area contributed by atoms with Gasteiger partial charge in [0.15, 0.2) is 9.84 Å². The van der Waals surface area contributed by atoms with Crippen molar-refractivity contribution in [2.24, 2.45) is 0 Å². The summed E-state index contributed by atoms with van der Waals surface area (Å²) in [6.07, 6.45) is 4.32. The molecule has 0 aliphatic heterocycles. The number of benzene rings is 3. The smallest absolute Gasteiger partial charge is 0.266 e. The van der Waals surface area contributed by atoms with Gasteiger partial charge in [-0.1, -0.05) is 35.9 Å². The Morgan fingerprint density at radius 1 is 1.07 bits per heavy atom. The highest BCUT2D eigenvalue weighted by molar-refractivity contribution is 7.90. The molecular weight excluding hydrogens is 602 g/mol. The summed E-state index contributed by atoms with van der Waals surface area (Å²) in [4.78, 5) is 16.2. The average Bonchev–Trinajstić information content (AvgIpc) is 3.35. The third-order valence-corrected chi connectivity index (χ3v) is 10.7. The molecule has 1 saturated carbocycles. The number of ether oxygens (including phenoxy) is 1. The summed E-state index contributed by atoms with van der Waals surface area (Å²) in [6.45, 7) is 0.126. The number of amides is 1. The van der Waals surface area contributed by atoms with Crippen molar-refractivity contribution in [2.45, 2.75) is 49.2 Å². The van der Waals surface area contributed by atoms with Crippen molar-refractivity contribution >= 4 is 48.8 Å². The fourth-order valence-electron chi connectivity index (χ4n) is 5.69. The zero-order chi connectivity index (χ0) is 30.2. The van der Waals surface area contributed by atoms with Gasteiger partial charge in [0.05, 0.1) is 27.1 Å². The van der Waals surface area contributed by atoms with Crippen molar-refractivity contribution in [2.75, 3.05) is 20.4 Å². The highest BCUT2D eigenvalue weighted by Gasteiger charge is 2.33. The zero-order valence-corrected chi connectivity index (χ0v) is 25.8. The van der Waals surface area contributed by atoms with E-state index in [0.717, 1.165) is 49.2 Å². The van der Waals surface area contributed by atoms with Gasteiger partial charge in [-0.25, -0.2) is 17.2 Å². The van der Waals surface area contributed by atoms with Gasteiger partial charge in [0.1, 0.15) is 22.3 Å². The number of hydrogen-bond donors (Lipinski definition) is 1. The van der Waals surface area contributed by atoms with Gasteiger partial charge in [-0.3, -0.25) is 4.79 Å². The van der Waals surface area contributed by atoms with Crippen molar-refractivity contribution < 1.29 is 26.7 Å². The largest absolute Gasteiger partial charge is 0.496 e. The van der Waals surface area contributed by atoms with E-state index in [0.29, 0.717) is 28.5 Å². The molecule has 6 nitrogen and oxygen atoms in total. The third kappa shape index (κ3) is 5.90. The lowest BCUT2D eigenvalue weighted by atomic mass is 9.89. The topological polar surface area (TPSA) is 75.7 Å². The Bertz CT molecular complexity index is 1750. The first kappa shape index (κ1) is 30.4. The van der Waals surface area contributed by atoms with E-state index in [-0.39, 0.29) is 37.5 Å². The Kier molecular flexibility index (Phi) is 8.89. The van der Waals surface area contributed by atoms with Crippen LogP contribution >= 0.6 is 22.9 Å². The van der Waals surface area contributed by atoms with Crippen LogP contribution in [0.1, 0.15) is 40.9 Å². The van der Waals surface area contributed by atoms with Crippen molar-refractivity contribution in [1.82, 2.24) is 10.2 Å². The average molecular weight is 633 g/mol.